The van der Waals surface area contributed by atoms with E-state index in [1.165, 1.54) is 0 Å². The van der Waals surface area contributed by atoms with Gasteiger partial charge in [-0.15, -0.1) is 0 Å². The normalized spacial score (nSPS) is 13.5. The van der Waals surface area contributed by atoms with Crippen LogP contribution in [0.15, 0.2) is 95.5 Å². The van der Waals surface area contributed by atoms with Gasteiger partial charge in [0.15, 0.2) is 5.76 Å². The van der Waals surface area contributed by atoms with E-state index < -0.39 is 5.41 Å². The van der Waals surface area contributed by atoms with E-state index >= 15 is 0 Å². The summed E-state index contributed by atoms with van der Waals surface area (Å²) in [6.07, 6.45) is 2.31. The van der Waals surface area contributed by atoms with Gasteiger partial charge in [0.05, 0.1) is 30.5 Å². The van der Waals surface area contributed by atoms with E-state index in [0.29, 0.717) is 13.0 Å². The van der Waals surface area contributed by atoms with Crippen LogP contribution in [-0.4, -0.2) is 29.8 Å². The number of benzene rings is 3. The maximum atomic E-state index is 12.5. The van der Waals surface area contributed by atoms with Gasteiger partial charge in [-0.25, -0.2) is 0 Å². The lowest BCUT2D eigenvalue weighted by atomic mass is 9.93. The first-order valence-electron chi connectivity index (χ1n) is 13.9. The summed E-state index contributed by atoms with van der Waals surface area (Å²) < 4.78 is 16.4. The highest BCUT2D eigenvalue weighted by atomic mass is 16.5. The molecule has 1 fully saturated rings. The van der Waals surface area contributed by atoms with Gasteiger partial charge in [0.25, 0.3) is 0 Å². The molecule has 0 N–H and O–H groups in total. The van der Waals surface area contributed by atoms with Crippen molar-refractivity contribution in [3.63, 3.8) is 0 Å². The number of aromatic nitrogens is 2. The molecule has 1 saturated carbocycles. The second-order valence-electron chi connectivity index (χ2n) is 10.5. The molecule has 0 saturated heterocycles. The average molecular weight is 545 g/mol. The lowest BCUT2D eigenvalue weighted by Crippen LogP contribution is -2.23. The second kappa shape index (κ2) is 11.0. The Kier molecular flexibility index (Phi) is 7.14. The highest BCUT2D eigenvalue weighted by molar-refractivity contribution is 5.87. The number of hydrogen-bond donors (Lipinski definition) is 0. The zero-order valence-electron chi connectivity index (χ0n) is 23.5. The molecule has 2 aromatic heterocycles. The van der Waals surface area contributed by atoms with E-state index in [1.807, 2.05) is 56.3 Å². The Hall–Kier alpha value is -4.71. The number of hydrogen-bond acceptors (Lipinski definition) is 6. The summed E-state index contributed by atoms with van der Waals surface area (Å²) >= 11 is 0. The highest BCUT2D eigenvalue weighted by Crippen LogP contribution is 2.49. The number of methoxy groups -OCH3 is 1. The minimum Gasteiger partial charge on any atom is -0.497 e. The van der Waals surface area contributed by atoms with Crippen LogP contribution in [0.2, 0.25) is 0 Å². The predicted molar refractivity (Wildman–Crippen MR) is 159 cm³/mol. The first-order chi connectivity index (χ1) is 20.0. The van der Waals surface area contributed by atoms with Crippen molar-refractivity contribution in [3.8, 4) is 39.5 Å². The molecule has 0 radical (unpaired) electrons. The third-order valence-electron chi connectivity index (χ3n) is 7.87. The number of aryl methyl sites for hydroxylation is 1. The van der Waals surface area contributed by atoms with E-state index in [-0.39, 0.29) is 5.97 Å². The van der Waals surface area contributed by atoms with Gasteiger partial charge < -0.3 is 14.0 Å². The minimum atomic E-state index is -0.456. The summed E-state index contributed by atoms with van der Waals surface area (Å²) in [6.45, 7) is 4.22. The summed E-state index contributed by atoms with van der Waals surface area (Å²) in [5.41, 5.74) is 8.48. The third-order valence-corrected chi connectivity index (χ3v) is 7.87. The molecule has 0 atom stereocenters. The van der Waals surface area contributed by atoms with E-state index in [2.05, 4.69) is 53.7 Å². The van der Waals surface area contributed by atoms with Gasteiger partial charge in [-0.3, -0.25) is 9.78 Å². The molecule has 5 aromatic rings. The lowest BCUT2D eigenvalue weighted by Gasteiger charge is -2.14. The number of carbonyl (C=O) groups excluding carboxylic acids is 1. The molecule has 0 unspecified atom stereocenters. The monoisotopic (exact) mass is 544 g/mol. The maximum Gasteiger partial charge on any atom is 0.316 e. The standard InChI is InChI=1S/C35H32N2O4/c1-4-40-34(38)35(20-21-35)28-16-12-25(13-17-28)24-8-10-27(11-9-24)33-31(23(2)37-41-33)22-29-6-5-7-32(36-29)26-14-18-30(39-3)19-15-26/h5-19H,4,20-22H2,1-3H3. The second-order valence-corrected chi connectivity index (χ2v) is 10.5. The van der Waals surface area contributed by atoms with Crippen molar-refractivity contribution in [3.05, 3.63) is 114 Å². The fraction of sp³-hybridized carbons (Fsp3) is 0.229. The van der Waals surface area contributed by atoms with Crippen molar-refractivity contribution < 1.29 is 18.8 Å². The Labute approximate surface area is 240 Å². The maximum absolute atomic E-state index is 12.5. The van der Waals surface area contributed by atoms with Crippen LogP contribution in [0.3, 0.4) is 0 Å². The Morgan fingerprint density at radius 2 is 1.49 bits per heavy atom. The van der Waals surface area contributed by atoms with Gasteiger partial charge in [0.1, 0.15) is 5.75 Å². The van der Waals surface area contributed by atoms with E-state index in [9.17, 15) is 4.79 Å². The summed E-state index contributed by atoms with van der Waals surface area (Å²) in [5, 5.41) is 4.28. The minimum absolute atomic E-state index is 0.113. The van der Waals surface area contributed by atoms with Crippen LogP contribution in [-0.2, 0) is 21.4 Å². The molecule has 41 heavy (non-hydrogen) atoms. The predicted octanol–water partition coefficient (Wildman–Crippen LogP) is 7.57. The first kappa shape index (κ1) is 26.5. The molecular formula is C35H32N2O4. The van der Waals surface area contributed by atoms with Gasteiger partial charge in [0, 0.05) is 28.8 Å². The molecule has 6 rings (SSSR count). The quantitative estimate of drug-likeness (QED) is 0.178. The van der Waals surface area contributed by atoms with Crippen molar-refractivity contribution in [1.82, 2.24) is 10.1 Å². The molecule has 6 nitrogen and oxygen atoms in total. The zero-order chi connectivity index (χ0) is 28.4. The molecule has 3 aromatic carbocycles. The molecule has 1 aliphatic carbocycles. The van der Waals surface area contributed by atoms with Crippen LogP contribution in [0.4, 0.5) is 0 Å². The van der Waals surface area contributed by atoms with Crippen LogP contribution in [0.1, 0.15) is 42.3 Å². The number of pyridine rings is 1. The highest BCUT2D eigenvalue weighted by Gasteiger charge is 2.52. The molecule has 0 spiro atoms. The molecule has 0 aliphatic heterocycles. The molecule has 1 aliphatic rings. The fourth-order valence-electron chi connectivity index (χ4n) is 5.31. The van der Waals surface area contributed by atoms with Crippen LogP contribution in [0, 0.1) is 6.92 Å². The van der Waals surface area contributed by atoms with Crippen molar-refractivity contribution >= 4 is 5.97 Å². The number of ether oxygens (including phenoxy) is 2. The van der Waals surface area contributed by atoms with Crippen molar-refractivity contribution in [2.24, 2.45) is 0 Å². The Bertz CT molecular complexity index is 1670. The van der Waals surface area contributed by atoms with Crippen molar-refractivity contribution in [1.29, 1.82) is 0 Å². The molecular weight excluding hydrogens is 512 g/mol. The largest absolute Gasteiger partial charge is 0.497 e. The SMILES string of the molecule is CCOC(=O)C1(c2ccc(-c3ccc(-c4onc(C)c4Cc4cccc(-c5ccc(OC)cc5)n4)cc3)cc2)CC1. The smallest absolute Gasteiger partial charge is 0.316 e. The topological polar surface area (TPSA) is 74.5 Å². The van der Waals surface area contributed by atoms with Crippen LogP contribution in [0.25, 0.3) is 33.7 Å². The van der Waals surface area contributed by atoms with Crippen molar-refractivity contribution in [2.45, 2.75) is 38.5 Å². The van der Waals surface area contributed by atoms with Gasteiger partial charge in [-0.2, -0.15) is 0 Å². The first-order valence-corrected chi connectivity index (χ1v) is 13.9. The molecule has 0 amide bonds. The van der Waals surface area contributed by atoms with E-state index in [0.717, 1.165) is 74.8 Å². The van der Waals surface area contributed by atoms with Gasteiger partial charge in [0.2, 0.25) is 0 Å². The van der Waals surface area contributed by atoms with Crippen LogP contribution < -0.4 is 4.74 Å². The van der Waals surface area contributed by atoms with E-state index in [1.54, 1.807) is 7.11 Å². The van der Waals surface area contributed by atoms with Gasteiger partial charge >= 0.3 is 5.97 Å². The van der Waals surface area contributed by atoms with E-state index in [4.69, 9.17) is 19.0 Å². The third kappa shape index (κ3) is 5.25. The summed E-state index contributed by atoms with van der Waals surface area (Å²) in [6, 6.07) is 30.6. The number of rotatable bonds is 9. The number of esters is 1. The molecule has 6 heteroatoms. The summed E-state index contributed by atoms with van der Waals surface area (Å²) in [5.74, 6) is 1.46. The molecule has 0 bridgehead atoms. The summed E-state index contributed by atoms with van der Waals surface area (Å²) in [4.78, 5) is 17.4. The Morgan fingerprint density at radius 1 is 0.854 bits per heavy atom. The molecule has 206 valence electrons. The number of carbonyl (C=O) groups is 1. The summed E-state index contributed by atoms with van der Waals surface area (Å²) in [7, 11) is 1.66. The van der Waals surface area contributed by atoms with Crippen LogP contribution >= 0.6 is 0 Å². The Morgan fingerprint density at radius 3 is 2.12 bits per heavy atom. The fourth-order valence-corrected chi connectivity index (χ4v) is 5.31. The van der Waals surface area contributed by atoms with Gasteiger partial charge in [-0.05, 0) is 79.8 Å². The number of nitrogens with zero attached hydrogens (tertiary/aromatic N) is 2. The Balaban J connectivity index is 1.20. The van der Waals surface area contributed by atoms with Crippen molar-refractivity contribution in [2.75, 3.05) is 13.7 Å². The average Bonchev–Trinajstić information content (AvgIpc) is 3.76. The van der Waals surface area contributed by atoms with Crippen LogP contribution in [0.5, 0.6) is 5.75 Å². The van der Waals surface area contributed by atoms with Gasteiger partial charge in [-0.1, -0.05) is 59.8 Å². The molecule has 2 heterocycles. The zero-order valence-corrected chi connectivity index (χ0v) is 23.5. The lowest BCUT2D eigenvalue weighted by molar-refractivity contribution is -0.146.